The number of hydrogen-bond donors (Lipinski definition) is 1. The molecule has 0 unspecified atom stereocenters. The molecular weight excluding hydrogens is 303 g/mol. The summed E-state index contributed by atoms with van der Waals surface area (Å²) in [4.78, 5) is 36.1. The van der Waals surface area contributed by atoms with Gasteiger partial charge in [-0.25, -0.2) is 0 Å². The third-order valence-electron chi connectivity index (χ3n) is 2.96. The highest BCUT2D eigenvalue weighted by Gasteiger charge is 2.23. The predicted octanol–water partition coefficient (Wildman–Crippen LogP) is 1.52. The first-order chi connectivity index (χ1) is 9.47. The van der Waals surface area contributed by atoms with Crippen molar-refractivity contribution in [2.75, 3.05) is 19.6 Å². The molecule has 0 aliphatic carbocycles. The van der Waals surface area contributed by atoms with Crippen molar-refractivity contribution in [2.45, 2.75) is 6.42 Å². The lowest BCUT2D eigenvalue weighted by atomic mass is 10.2. The number of halogens is 2. The van der Waals surface area contributed by atoms with E-state index in [0.29, 0.717) is 23.6 Å². The Morgan fingerprint density at radius 1 is 1.25 bits per heavy atom. The first kappa shape index (κ1) is 14.8. The van der Waals surface area contributed by atoms with Crippen molar-refractivity contribution in [3.63, 3.8) is 0 Å². The Morgan fingerprint density at radius 3 is 2.60 bits per heavy atom. The minimum atomic E-state index is -0.414. The largest absolute Gasteiger partial charge is 0.343 e. The van der Waals surface area contributed by atoms with E-state index in [1.54, 1.807) is 0 Å². The molecule has 0 aromatic heterocycles. The van der Waals surface area contributed by atoms with E-state index >= 15 is 0 Å². The topological polar surface area (TPSA) is 66.5 Å². The van der Waals surface area contributed by atoms with E-state index in [-0.39, 0.29) is 29.8 Å². The SMILES string of the molecule is O=C1CCN(C(=O)CNC(=O)c2ccc(Cl)c(Cl)c2)C1. The lowest BCUT2D eigenvalue weighted by Crippen LogP contribution is -2.39. The minimum Gasteiger partial charge on any atom is -0.343 e. The molecule has 1 aromatic rings. The van der Waals surface area contributed by atoms with Gasteiger partial charge in [0.1, 0.15) is 0 Å². The van der Waals surface area contributed by atoms with E-state index < -0.39 is 5.91 Å². The molecule has 0 radical (unpaired) electrons. The van der Waals surface area contributed by atoms with Crippen molar-refractivity contribution in [1.82, 2.24) is 10.2 Å². The standard InChI is InChI=1S/C13H12Cl2N2O3/c14-10-2-1-8(5-11(10)15)13(20)16-6-12(19)17-4-3-9(18)7-17/h1-2,5H,3-4,6-7H2,(H,16,20). The number of benzene rings is 1. The van der Waals surface area contributed by atoms with E-state index in [0.717, 1.165) is 0 Å². The zero-order chi connectivity index (χ0) is 14.7. The molecule has 1 fully saturated rings. The van der Waals surface area contributed by atoms with Crippen molar-refractivity contribution < 1.29 is 14.4 Å². The van der Waals surface area contributed by atoms with E-state index in [2.05, 4.69) is 5.32 Å². The molecule has 0 saturated carbocycles. The molecule has 2 rings (SSSR count). The van der Waals surface area contributed by atoms with Crippen molar-refractivity contribution in [2.24, 2.45) is 0 Å². The van der Waals surface area contributed by atoms with Gasteiger partial charge in [-0.2, -0.15) is 0 Å². The number of carbonyl (C=O) groups excluding carboxylic acids is 3. The van der Waals surface area contributed by atoms with Crippen molar-refractivity contribution in [3.05, 3.63) is 33.8 Å². The maximum absolute atomic E-state index is 11.8. The maximum Gasteiger partial charge on any atom is 0.251 e. The van der Waals surface area contributed by atoms with Crippen LogP contribution in [0.1, 0.15) is 16.8 Å². The summed E-state index contributed by atoms with van der Waals surface area (Å²) in [6, 6.07) is 4.47. The van der Waals surface area contributed by atoms with E-state index in [1.165, 1.54) is 23.1 Å². The summed E-state index contributed by atoms with van der Waals surface area (Å²) in [6.07, 6.45) is 0.381. The molecule has 2 amide bonds. The average molecular weight is 315 g/mol. The third kappa shape index (κ3) is 3.49. The molecule has 7 heteroatoms. The van der Waals surface area contributed by atoms with Crippen LogP contribution in [-0.4, -0.2) is 42.1 Å². The van der Waals surface area contributed by atoms with Crippen LogP contribution in [0, 0.1) is 0 Å². The number of likely N-dealkylation sites (tertiary alicyclic amines) is 1. The summed E-state index contributed by atoms with van der Waals surface area (Å²) in [5.41, 5.74) is 0.324. The number of ketones is 1. The minimum absolute atomic E-state index is 0.0363. The van der Waals surface area contributed by atoms with Crippen LogP contribution in [0.15, 0.2) is 18.2 Å². The maximum atomic E-state index is 11.8. The van der Waals surface area contributed by atoms with Gasteiger partial charge in [-0.1, -0.05) is 23.2 Å². The Hall–Kier alpha value is -1.59. The van der Waals surface area contributed by atoms with E-state index in [4.69, 9.17) is 23.2 Å². The second-order valence-electron chi connectivity index (χ2n) is 4.42. The monoisotopic (exact) mass is 314 g/mol. The lowest BCUT2D eigenvalue weighted by Gasteiger charge is -2.14. The van der Waals surface area contributed by atoms with Crippen LogP contribution in [0.3, 0.4) is 0 Å². The molecule has 1 heterocycles. The van der Waals surface area contributed by atoms with E-state index in [9.17, 15) is 14.4 Å². The molecule has 1 N–H and O–H groups in total. The molecule has 5 nitrogen and oxygen atoms in total. The fourth-order valence-corrected chi connectivity index (χ4v) is 2.15. The fraction of sp³-hybridized carbons (Fsp3) is 0.308. The van der Waals surface area contributed by atoms with Gasteiger partial charge >= 0.3 is 0 Å². The summed E-state index contributed by atoms with van der Waals surface area (Å²) >= 11 is 11.6. The normalized spacial score (nSPS) is 14.5. The first-order valence-electron chi connectivity index (χ1n) is 6.00. The van der Waals surface area contributed by atoms with Gasteiger partial charge in [0, 0.05) is 18.5 Å². The molecule has 1 aromatic carbocycles. The second kappa shape index (κ2) is 6.24. The van der Waals surface area contributed by atoms with Crippen LogP contribution in [0.4, 0.5) is 0 Å². The van der Waals surface area contributed by atoms with Gasteiger partial charge in [-0.15, -0.1) is 0 Å². The number of rotatable bonds is 3. The van der Waals surface area contributed by atoms with Crippen molar-refractivity contribution >= 4 is 40.8 Å². The predicted molar refractivity (Wildman–Crippen MR) is 75.0 cm³/mol. The van der Waals surface area contributed by atoms with Gasteiger partial charge in [0.15, 0.2) is 5.78 Å². The number of carbonyl (C=O) groups is 3. The van der Waals surface area contributed by atoms with Crippen LogP contribution in [0.25, 0.3) is 0 Å². The zero-order valence-electron chi connectivity index (χ0n) is 10.5. The van der Waals surface area contributed by atoms with Crippen LogP contribution in [0.5, 0.6) is 0 Å². The number of amides is 2. The van der Waals surface area contributed by atoms with Crippen LogP contribution < -0.4 is 5.32 Å². The molecule has 20 heavy (non-hydrogen) atoms. The van der Waals surface area contributed by atoms with Crippen LogP contribution in [0.2, 0.25) is 10.0 Å². The molecule has 1 aliphatic heterocycles. The van der Waals surface area contributed by atoms with Crippen molar-refractivity contribution in [3.8, 4) is 0 Å². The number of hydrogen-bond acceptors (Lipinski definition) is 3. The Kier molecular flexibility index (Phi) is 4.62. The zero-order valence-corrected chi connectivity index (χ0v) is 12.0. The first-order valence-corrected chi connectivity index (χ1v) is 6.75. The Morgan fingerprint density at radius 2 is 2.00 bits per heavy atom. The highest BCUT2D eigenvalue weighted by Crippen LogP contribution is 2.22. The van der Waals surface area contributed by atoms with E-state index in [1.807, 2.05) is 0 Å². The van der Waals surface area contributed by atoms with Crippen molar-refractivity contribution in [1.29, 1.82) is 0 Å². The number of Topliss-reactive ketones (excluding diaryl/α,β-unsaturated/α-hetero) is 1. The molecule has 1 saturated heterocycles. The second-order valence-corrected chi connectivity index (χ2v) is 5.23. The highest BCUT2D eigenvalue weighted by molar-refractivity contribution is 6.42. The summed E-state index contributed by atoms with van der Waals surface area (Å²) in [6.45, 7) is 0.397. The van der Waals surface area contributed by atoms with Crippen LogP contribution >= 0.6 is 23.2 Å². The molecule has 106 valence electrons. The Balaban J connectivity index is 1.90. The number of nitrogens with one attached hydrogen (secondary N) is 1. The summed E-state index contributed by atoms with van der Waals surface area (Å²) in [7, 11) is 0. The summed E-state index contributed by atoms with van der Waals surface area (Å²) in [5.74, 6) is -0.652. The van der Waals surface area contributed by atoms with Crippen LogP contribution in [-0.2, 0) is 9.59 Å². The average Bonchev–Trinajstić information content (AvgIpc) is 2.85. The Bertz CT molecular complexity index is 575. The molecule has 0 spiro atoms. The highest BCUT2D eigenvalue weighted by atomic mass is 35.5. The summed E-state index contributed by atoms with van der Waals surface area (Å²) < 4.78 is 0. The molecule has 0 bridgehead atoms. The van der Waals surface area contributed by atoms with Gasteiger partial charge in [-0.3, -0.25) is 14.4 Å². The fourth-order valence-electron chi connectivity index (χ4n) is 1.85. The van der Waals surface area contributed by atoms with Gasteiger partial charge in [0.2, 0.25) is 5.91 Å². The van der Waals surface area contributed by atoms with Gasteiger partial charge in [-0.05, 0) is 18.2 Å². The molecule has 1 aliphatic rings. The molecule has 0 atom stereocenters. The smallest absolute Gasteiger partial charge is 0.251 e. The Labute approximate surface area is 125 Å². The van der Waals surface area contributed by atoms with Gasteiger partial charge < -0.3 is 10.2 Å². The number of nitrogens with zero attached hydrogens (tertiary/aromatic N) is 1. The van der Waals surface area contributed by atoms with Gasteiger partial charge in [0.05, 0.1) is 23.1 Å². The summed E-state index contributed by atoms with van der Waals surface area (Å²) in [5, 5.41) is 3.12. The van der Waals surface area contributed by atoms with Gasteiger partial charge in [0.25, 0.3) is 5.91 Å². The third-order valence-corrected chi connectivity index (χ3v) is 3.70. The quantitative estimate of drug-likeness (QED) is 0.920. The molecular formula is C13H12Cl2N2O3. The lowest BCUT2D eigenvalue weighted by molar-refractivity contribution is -0.130.